The van der Waals surface area contributed by atoms with E-state index in [0.717, 1.165) is 5.75 Å². The van der Waals surface area contributed by atoms with Crippen molar-refractivity contribution in [3.63, 3.8) is 0 Å². The van der Waals surface area contributed by atoms with Gasteiger partial charge in [-0.1, -0.05) is 30.3 Å². The van der Waals surface area contributed by atoms with Gasteiger partial charge >= 0.3 is 0 Å². The average molecular weight is 239 g/mol. The second-order valence-corrected chi connectivity index (χ2v) is 4.72. The first kappa shape index (κ1) is 11.1. The van der Waals surface area contributed by atoms with Gasteiger partial charge in [0, 0.05) is 11.7 Å². The van der Waals surface area contributed by atoms with Crippen LogP contribution in [0.4, 0.5) is 5.69 Å². The van der Waals surface area contributed by atoms with Crippen LogP contribution in [0, 0.1) is 0 Å². The van der Waals surface area contributed by atoms with Crippen LogP contribution in [-0.4, -0.2) is 6.04 Å². The molecular formula is C16H17NO. The summed E-state index contributed by atoms with van der Waals surface area (Å²) in [7, 11) is 0. The second kappa shape index (κ2) is 5.13. The van der Waals surface area contributed by atoms with Gasteiger partial charge in [0.1, 0.15) is 12.4 Å². The first-order valence-corrected chi connectivity index (χ1v) is 6.43. The molecule has 2 heteroatoms. The molecule has 1 fully saturated rings. The summed E-state index contributed by atoms with van der Waals surface area (Å²) < 4.78 is 5.74. The van der Waals surface area contributed by atoms with Gasteiger partial charge in [-0.3, -0.25) is 0 Å². The zero-order valence-corrected chi connectivity index (χ0v) is 10.3. The fourth-order valence-electron chi connectivity index (χ4n) is 1.85. The third kappa shape index (κ3) is 3.04. The van der Waals surface area contributed by atoms with Gasteiger partial charge in [0.25, 0.3) is 0 Å². The van der Waals surface area contributed by atoms with E-state index in [1.54, 1.807) is 0 Å². The van der Waals surface area contributed by atoms with Crippen molar-refractivity contribution in [1.82, 2.24) is 0 Å². The number of hydrogen-bond donors (Lipinski definition) is 1. The van der Waals surface area contributed by atoms with Crippen LogP contribution < -0.4 is 10.1 Å². The van der Waals surface area contributed by atoms with Crippen LogP contribution in [-0.2, 0) is 6.61 Å². The summed E-state index contributed by atoms with van der Waals surface area (Å²) in [5, 5.41) is 3.46. The molecule has 0 radical (unpaired) electrons. The maximum absolute atomic E-state index is 5.74. The smallest absolute Gasteiger partial charge is 0.119 e. The van der Waals surface area contributed by atoms with Crippen molar-refractivity contribution in [3.05, 3.63) is 60.2 Å². The number of benzene rings is 2. The maximum atomic E-state index is 5.74. The molecule has 18 heavy (non-hydrogen) atoms. The van der Waals surface area contributed by atoms with Crippen LogP contribution in [0.5, 0.6) is 5.75 Å². The quantitative estimate of drug-likeness (QED) is 0.856. The Kier molecular flexibility index (Phi) is 3.18. The molecule has 0 aliphatic heterocycles. The van der Waals surface area contributed by atoms with E-state index < -0.39 is 0 Å². The molecule has 0 amide bonds. The van der Waals surface area contributed by atoms with Gasteiger partial charge in [-0.25, -0.2) is 0 Å². The fourth-order valence-corrected chi connectivity index (χ4v) is 1.85. The first-order valence-electron chi connectivity index (χ1n) is 6.43. The number of anilines is 1. The minimum Gasteiger partial charge on any atom is -0.489 e. The van der Waals surface area contributed by atoms with E-state index in [9.17, 15) is 0 Å². The predicted octanol–water partition coefficient (Wildman–Crippen LogP) is 3.84. The van der Waals surface area contributed by atoms with Crippen LogP contribution >= 0.6 is 0 Å². The van der Waals surface area contributed by atoms with Crippen molar-refractivity contribution in [3.8, 4) is 5.75 Å². The molecule has 3 rings (SSSR count). The van der Waals surface area contributed by atoms with Crippen LogP contribution in [0.3, 0.4) is 0 Å². The summed E-state index contributed by atoms with van der Waals surface area (Å²) >= 11 is 0. The van der Waals surface area contributed by atoms with Crippen LogP contribution in [0.25, 0.3) is 0 Å². The SMILES string of the molecule is c1ccc(COc2ccc(NC3CC3)cc2)cc1. The van der Waals surface area contributed by atoms with Gasteiger partial charge < -0.3 is 10.1 Å². The zero-order valence-electron chi connectivity index (χ0n) is 10.3. The highest BCUT2D eigenvalue weighted by molar-refractivity contribution is 5.47. The molecule has 0 atom stereocenters. The molecular weight excluding hydrogens is 222 g/mol. The second-order valence-electron chi connectivity index (χ2n) is 4.72. The van der Waals surface area contributed by atoms with Crippen LogP contribution in [0.2, 0.25) is 0 Å². The van der Waals surface area contributed by atoms with Gasteiger partial charge in [-0.05, 0) is 42.7 Å². The van der Waals surface area contributed by atoms with E-state index in [2.05, 4.69) is 29.6 Å². The Labute approximate surface area is 108 Å². The third-order valence-corrected chi connectivity index (χ3v) is 3.05. The zero-order chi connectivity index (χ0) is 12.2. The summed E-state index contributed by atoms with van der Waals surface area (Å²) in [4.78, 5) is 0. The summed E-state index contributed by atoms with van der Waals surface area (Å²) in [5.74, 6) is 0.917. The van der Waals surface area contributed by atoms with Gasteiger partial charge in [-0.15, -0.1) is 0 Å². The molecule has 2 aromatic carbocycles. The van der Waals surface area contributed by atoms with E-state index in [4.69, 9.17) is 4.74 Å². The Morgan fingerprint density at radius 3 is 2.33 bits per heavy atom. The Morgan fingerprint density at radius 1 is 0.944 bits per heavy atom. The summed E-state index contributed by atoms with van der Waals surface area (Å²) in [5.41, 5.74) is 2.38. The van der Waals surface area contributed by atoms with Gasteiger partial charge in [0.15, 0.2) is 0 Å². The molecule has 0 bridgehead atoms. The van der Waals surface area contributed by atoms with E-state index in [-0.39, 0.29) is 0 Å². The Bertz CT molecular complexity index is 488. The topological polar surface area (TPSA) is 21.3 Å². The van der Waals surface area contributed by atoms with Gasteiger partial charge in [0.05, 0.1) is 0 Å². The Hall–Kier alpha value is -1.96. The lowest BCUT2D eigenvalue weighted by Crippen LogP contribution is -2.00. The maximum Gasteiger partial charge on any atom is 0.119 e. The van der Waals surface area contributed by atoms with E-state index in [1.807, 2.05) is 30.3 Å². The normalized spacial score (nSPS) is 14.2. The lowest BCUT2D eigenvalue weighted by molar-refractivity contribution is 0.306. The molecule has 0 spiro atoms. The van der Waals surface area contributed by atoms with Crippen molar-refractivity contribution in [1.29, 1.82) is 0 Å². The molecule has 1 N–H and O–H groups in total. The van der Waals surface area contributed by atoms with Gasteiger partial charge in [0.2, 0.25) is 0 Å². The number of rotatable bonds is 5. The van der Waals surface area contributed by atoms with Gasteiger partial charge in [-0.2, -0.15) is 0 Å². The summed E-state index contributed by atoms with van der Waals surface area (Å²) in [6, 6.07) is 19.1. The molecule has 2 aromatic rings. The molecule has 92 valence electrons. The fraction of sp³-hybridized carbons (Fsp3) is 0.250. The monoisotopic (exact) mass is 239 g/mol. The first-order chi connectivity index (χ1) is 8.90. The molecule has 0 heterocycles. The van der Waals surface area contributed by atoms with Crippen molar-refractivity contribution < 1.29 is 4.74 Å². The molecule has 1 aliphatic carbocycles. The molecule has 0 aromatic heterocycles. The van der Waals surface area contributed by atoms with Crippen molar-refractivity contribution in [2.24, 2.45) is 0 Å². The van der Waals surface area contributed by atoms with E-state index in [1.165, 1.54) is 24.1 Å². The minimum absolute atomic E-state index is 0.621. The molecule has 1 aliphatic rings. The standard InChI is InChI=1S/C16H17NO/c1-2-4-13(5-3-1)12-18-16-10-8-15(9-11-16)17-14-6-7-14/h1-5,8-11,14,17H,6-7,12H2. The lowest BCUT2D eigenvalue weighted by atomic mass is 10.2. The van der Waals surface area contributed by atoms with E-state index >= 15 is 0 Å². The van der Waals surface area contributed by atoms with E-state index in [0.29, 0.717) is 12.6 Å². The summed E-state index contributed by atoms with van der Waals surface area (Å²) in [6.07, 6.45) is 2.60. The Morgan fingerprint density at radius 2 is 1.67 bits per heavy atom. The van der Waals surface area contributed by atoms with Crippen LogP contribution in [0.1, 0.15) is 18.4 Å². The average Bonchev–Trinajstić information content (AvgIpc) is 3.23. The minimum atomic E-state index is 0.621. The summed E-state index contributed by atoms with van der Waals surface area (Å²) in [6.45, 7) is 0.621. The highest BCUT2D eigenvalue weighted by Crippen LogP contribution is 2.25. The van der Waals surface area contributed by atoms with Crippen LogP contribution in [0.15, 0.2) is 54.6 Å². The lowest BCUT2D eigenvalue weighted by Gasteiger charge is -2.08. The largest absolute Gasteiger partial charge is 0.489 e. The van der Waals surface area contributed by atoms with Crippen molar-refractivity contribution >= 4 is 5.69 Å². The van der Waals surface area contributed by atoms with Crippen molar-refractivity contribution in [2.45, 2.75) is 25.5 Å². The number of hydrogen-bond acceptors (Lipinski definition) is 2. The Balaban J connectivity index is 1.56. The molecule has 0 saturated heterocycles. The highest BCUT2D eigenvalue weighted by atomic mass is 16.5. The highest BCUT2D eigenvalue weighted by Gasteiger charge is 2.20. The molecule has 1 saturated carbocycles. The third-order valence-electron chi connectivity index (χ3n) is 3.05. The molecule has 2 nitrogen and oxygen atoms in total. The van der Waals surface area contributed by atoms with Crippen molar-refractivity contribution in [2.75, 3.05) is 5.32 Å². The number of ether oxygens (including phenoxy) is 1. The number of nitrogens with one attached hydrogen (secondary N) is 1. The molecule has 0 unspecified atom stereocenters. The predicted molar refractivity (Wildman–Crippen MR) is 73.9 cm³/mol.